The molecule has 1 aliphatic rings. The maximum Gasteiger partial charge on any atom is 0.253 e. The molecule has 1 amide bonds. The Morgan fingerprint density at radius 1 is 1.25 bits per heavy atom. The summed E-state index contributed by atoms with van der Waals surface area (Å²) in [6.07, 6.45) is 0.318. The number of rotatable bonds is 8. The lowest BCUT2D eigenvalue weighted by Crippen LogP contribution is -2.49. The van der Waals surface area contributed by atoms with E-state index >= 15 is 0 Å². The number of halogens is 1. The summed E-state index contributed by atoms with van der Waals surface area (Å²) in [5, 5.41) is 7.34. The van der Waals surface area contributed by atoms with Gasteiger partial charge in [-0.05, 0) is 46.5 Å². The average molecular weight is 427 g/mol. The number of thiophene rings is 1. The fourth-order valence-electron chi connectivity index (χ4n) is 3.10. The summed E-state index contributed by atoms with van der Waals surface area (Å²) in [5.74, 6) is 1.44. The monoisotopic (exact) mass is 426 g/mol. The number of ether oxygens (including phenoxy) is 3. The third-order valence-electron chi connectivity index (χ3n) is 4.59. The molecule has 1 saturated heterocycles. The van der Waals surface area contributed by atoms with Gasteiger partial charge in [0.2, 0.25) is 0 Å². The lowest BCUT2D eigenvalue weighted by Gasteiger charge is -2.30. The lowest BCUT2D eigenvalue weighted by molar-refractivity contribution is -0.145. The Hall–Kier alpha value is -1.80. The first-order valence-electron chi connectivity index (χ1n) is 9.04. The summed E-state index contributed by atoms with van der Waals surface area (Å²) < 4.78 is 16.3. The van der Waals surface area contributed by atoms with Crippen molar-refractivity contribution in [1.29, 1.82) is 0 Å². The molecule has 0 aliphatic carbocycles. The molecule has 28 heavy (non-hydrogen) atoms. The third kappa shape index (κ3) is 5.85. The van der Waals surface area contributed by atoms with Crippen molar-refractivity contribution in [2.24, 2.45) is 0 Å². The molecular formula is C20H27ClN2O4S. The first-order valence-corrected chi connectivity index (χ1v) is 9.98. The van der Waals surface area contributed by atoms with Crippen molar-refractivity contribution in [3.05, 3.63) is 46.2 Å². The maximum absolute atomic E-state index is 13.0. The molecule has 2 aromatic rings. The van der Waals surface area contributed by atoms with Gasteiger partial charge in [0.25, 0.3) is 5.91 Å². The topological polar surface area (TPSA) is 60.0 Å². The molecule has 8 heteroatoms. The minimum Gasteiger partial charge on any atom is -0.493 e. The largest absolute Gasteiger partial charge is 0.493 e. The SMILES string of the molecule is COc1ccc(CCN(Cc2ccsc2)C(=O)C2CNCCO2)cc1OC.Cl. The van der Waals surface area contributed by atoms with Gasteiger partial charge in [-0.2, -0.15) is 11.3 Å². The van der Waals surface area contributed by atoms with Crippen LogP contribution in [0.5, 0.6) is 11.5 Å². The summed E-state index contributed by atoms with van der Waals surface area (Å²) in [4.78, 5) is 14.9. The van der Waals surface area contributed by atoms with Crippen LogP contribution in [0.4, 0.5) is 0 Å². The number of hydrogen-bond acceptors (Lipinski definition) is 6. The summed E-state index contributed by atoms with van der Waals surface area (Å²) >= 11 is 1.64. The highest BCUT2D eigenvalue weighted by Gasteiger charge is 2.27. The van der Waals surface area contributed by atoms with Crippen LogP contribution in [0.2, 0.25) is 0 Å². The molecule has 0 radical (unpaired) electrons. The fraction of sp³-hybridized carbons (Fsp3) is 0.450. The number of carbonyl (C=O) groups is 1. The fourth-order valence-corrected chi connectivity index (χ4v) is 3.76. The Kier molecular flexibility index (Phi) is 9.05. The Morgan fingerprint density at radius 3 is 2.71 bits per heavy atom. The van der Waals surface area contributed by atoms with E-state index in [9.17, 15) is 4.79 Å². The van der Waals surface area contributed by atoms with Gasteiger partial charge in [0.1, 0.15) is 6.10 Å². The number of hydrogen-bond donors (Lipinski definition) is 1. The van der Waals surface area contributed by atoms with Gasteiger partial charge in [0.15, 0.2) is 11.5 Å². The van der Waals surface area contributed by atoms with Crippen LogP contribution < -0.4 is 14.8 Å². The molecule has 0 spiro atoms. The van der Waals surface area contributed by atoms with Crippen molar-refractivity contribution in [3.63, 3.8) is 0 Å². The normalized spacial score (nSPS) is 16.1. The van der Waals surface area contributed by atoms with Gasteiger partial charge in [0.05, 0.1) is 20.8 Å². The van der Waals surface area contributed by atoms with Crippen LogP contribution in [0.1, 0.15) is 11.1 Å². The zero-order valence-corrected chi connectivity index (χ0v) is 17.8. The number of morpholine rings is 1. The van der Waals surface area contributed by atoms with Gasteiger partial charge >= 0.3 is 0 Å². The first kappa shape index (κ1) is 22.5. The molecular weight excluding hydrogens is 400 g/mol. The molecule has 1 aromatic heterocycles. The molecule has 1 unspecified atom stereocenters. The molecule has 1 atom stereocenters. The van der Waals surface area contributed by atoms with Crippen LogP contribution in [-0.2, 0) is 22.5 Å². The molecule has 1 fully saturated rings. The van der Waals surface area contributed by atoms with Crippen LogP contribution in [0, 0.1) is 0 Å². The Balaban J connectivity index is 0.00000280. The highest BCUT2D eigenvalue weighted by Crippen LogP contribution is 2.27. The molecule has 0 bridgehead atoms. The number of amides is 1. The van der Waals surface area contributed by atoms with Crippen LogP contribution >= 0.6 is 23.7 Å². The van der Waals surface area contributed by atoms with Crippen molar-refractivity contribution in [3.8, 4) is 11.5 Å². The second-order valence-electron chi connectivity index (χ2n) is 6.39. The third-order valence-corrected chi connectivity index (χ3v) is 5.32. The summed E-state index contributed by atoms with van der Waals surface area (Å²) in [6, 6.07) is 7.92. The van der Waals surface area contributed by atoms with E-state index in [1.165, 1.54) is 0 Å². The highest BCUT2D eigenvalue weighted by atomic mass is 35.5. The molecule has 2 heterocycles. The van der Waals surface area contributed by atoms with Crippen LogP contribution in [0.3, 0.4) is 0 Å². The van der Waals surface area contributed by atoms with Gasteiger partial charge in [-0.25, -0.2) is 0 Å². The van der Waals surface area contributed by atoms with Crippen LogP contribution in [-0.4, -0.2) is 57.4 Å². The van der Waals surface area contributed by atoms with Crippen LogP contribution in [0.25, 0.3) is 0 Å². The molecule has 1 aliphatic heterocycles. The van der Waals surface area contributed by atoms with Crippen molar-refractivity contribution < 1.29 is 19.0 Å². The summed E-state index contributed by atoms with van der Waals surface area (Å²) in [6.45, 7) is 3.13. The minimum absolute atomic E-state index is 0. The van der Waals surface area contributed by atoms with E-state index in [4.69, 9.17) is 14.2 Å². The Labute approximate surface area is 176 Å². The van der Waals surface area contributed by atoms with Crippen molar-refractivity contribution in [2.75, 3.05) is 40.5 Å². The van der Waals surface area contributed by atoms with Crippen LogP contribution in [0.15, 0.2) is 35.0 Å². The Bertz CT molecular complexity index is 736. The summed E-state index contributed by atoms with van der Waals surface area (Å²) in [7, 11) is 3.25. The lowest BCUT2D eigenvalue weighted by atomic mass is 10.1. The number of methoxy groups -OCH3 is 2. The molecule has 0 saturated carbocycles. The average Bonchev–Trinajstić information content (AvgIpc) is 3.24. The number of nitrogens with one attached hydrogen (secondary N) is 1. The predicted molar refractivity (Wildman–Crippen MR) is 113 cm³/mol. The summed E-state index contributed by atoms with van der Waals surface area (Å²) in [5.41, 5.74) is 2.24. The van der Waals surface area contributed by atoms with E-state index in [2.05, 4.69) is 16.8 Å². The first-order chi connectivity index (χ1) is 13.2. The van der Waals surface area contributed by atoms with Gasteiger partial charge in [-0.1, -0.05) is 6.07 Å². The molecule has 3 rings (SSSR count). The van der Waals surface area contributed by atoms with E-state index in [0.29, 0.717) is 37.7 Å². The van der Waals surface area contributed by atoms with Gasteiger partial charge in [0, 0.05) is 26.2 Å². The predicted octanol–water partition coefficient (Wildman–Crippen LogP) is 2.75. The zero-order valence-electron chi connectivity index (χ0n) is 16.2. The van der Waals surface area contributed by atoms with E-state index in [1.807, 2.05) is 28.5 Å². The zero-order chi connectivity index (χ0) is 19.1. The maximum atomic E-state index is 13.0. The second kappa shape index (κ2) is 11.3. The highest BCUT2D eigenvalue weighted by molar-refractivity contribution is 7.07. The minimum atomic E-state index is -0.414. The van der Waals surface area contributed by atoms with Gasteiger partial charge in [-0.15, -0.1) is 12.4 Å². The molecule has 1 N–H and O–H groups in total. The van der Waals surface area contributed by atoms with Crippen molar-refractivity contribution >= 4 is 29.7 Å². The molecule has 6 nitrogen and oxygen atoms in total. The smallest absolute Gasteiger partial charge is 0.253 e. The standard InChI is InChI=1S/C20H26N2O4S.ClH/c1-24-17-4-3-15(11-18(17)25-2)5-8-22(13-16-6-10-27-14-16)20(23)19-12-21-7-9-26-19;/h3-4,6,10-11,14,19,21H,5,7-9,12-13H2,1-2H3;1H. The van der Waals surface area contributed by atoms with Gasteiger partial charge < -0.3 is 24.4 Å². The number of carbonyl (C=O) groups excluding carboxylic acids is 1. The van der Waals surface area contributed by atoms with E-state index < -0.39 is 6.10 Å². The number of nitrogens with zero attached hydrogens (tertiary/aromatic N) is 1. The second-order valence-corrected chi connectivity index (χ2v) is 7.17. The van der Waals surface area contributed by atoms with E-state index in [0.717, 1.165) is 24.1 Å². The van der Waals surface area contributed by atoms with E-state index in [-0.39, 0.29) is 18.3 Å². The Morgan fingerprint density at radius 2 is 2.07 bits per heavy atom. The van der Waals surface area contributed by atoms with Crippen molar-refractivity contribution in [2.45, 2.75) is 19.1 Å². The molecule has 154 valence electrons. The van der Waals surface area contributed by atoms with E-state index in [1.54, 1.807) is 25.6 Å². The quantitative estimate of drug-likeness (QED) is 0.703. The van der Waals surface area contributed by atoms with Crippen molar-refractivity contribution in [1.82, 2.24) is 10.2 Å². The van der Waals surface area contributed by atoms with Gasteiger partial charge in [-0.3, -0.25) is 4.79 Å². The number of benzene rings is 1. The molecule has 1 aromatic carbocycles.